The molecule has 0 aromatic heterocycles. The fourth-order valence-electron chi connectivity index (χ4n) is 0.789. The maximum atomic E-state index is 3.32. The second-order valence-electron chi connectivity index (χ2n) is 2.78. The Morgan fingerprint density at radius 2 is 2.50 bits per heavy atom. The molecular weight excluding hydrogens is 126 g/mol. The molecule has 0 unspecified atom stereocenters. The lowest BCUT2D eigenvalue weighted by atomic mass is 10.4. The van der Waals surface area contributed by atoms with Crippen molar-refractivity contribution < 1.29 is 0 Å². The highest BCUT2D eigenvalue weighted by Crippen LogP contribution is 1.91. The van der Waals surface area contributed by atoms with Crippen LogP contribution in [0, 0.1) is 0 Å². The zero-order chi connectivity index (χ0) is 7.40. The van der Waals surface area contributed by atoms with E-state index in [4.69, 9.17) is 0 Å². The van der Waals surface area contributed by atoms with E-state index < -0.39 is 0 Å². The van der Waals surface area contributed by atoms with Gasteiger partial charge in [0.2, 0.25) is 0 Å². The van der Waals surface area contributed by atoms with Crippen LogP contribution in [0.4, 0.5) is 0 Å². The van der Waals surface area contributed by atoms with Gasteiger partial charge < -0.3 is 10.2 Å². The molecule has 1 rings (SSSR count). The Morgan fingerprint density at radius 3 is 3.00 bits per heavy atom. The number of rotatable bonds is 3. The van der Waals surface area contributed by atoms with Gasteiger partial charge in [-0.1, -0.05) is 0 Å². The van der Waals surface area contributed by atoms with Crippen molar-refractivity contribution in [1.29, 1.82) is 0 Å². The molecule has 2 N–H and O–H groups in total. The smallest absolute Gasteiger partial charge is 0.0879 e. The van der Waals surface area contributed by atoms with E-state index in [-0.39, 0.29) is 0 Å². The summed E-state index contributed by atoms with van der Waals surface area (Å²) < 4.78 is 0. The highest BCUT2D eigenvalue weighted by atomic mass is 15.3. The Labute approximate surface area is 62.1 Å². The molecule has 1 aliphatic heterocycles. The molecule has 0 aromatic carbocycles. The highest BCUT2D eigenvalue weighted by Gasteiger charge is 2.01. The van der Waals surface area contributed by atoms with Gasteiger partial charge in [0.25, 0.3) is 0 Å². The van der Waals surface area contributed by atoms with Gasteiger partial charge in [-0.25, -0.2) is 0 Å². The summed E-state index contributed by atoms with van der Waals surface area (Å²) in [5, 5.41) is 6.42. The van der Waals surface area contributed by atoms with Gasteiger partial charge in [0.15, 0.2) is 0 Å². The Morgan fingerprint density at radius 1 is 1.70 bits per heavy atom. The second kappa shape index (κ2) is 3.46. The van der Waals surface area contributed by atoms with Crippen molar-refractivity contribution in [2.24, 2.45) is 0 Å². The third-order valence-corrected chi connectivity index (χ3v) is 1.40. The molecule has 0 saturated carbocycles. The zero-order valence-corrected chi connectivity index (χ0v) is 6.59. The molecule has 0 amide bonds. The molecule has 58 valence electrons. The maximum absolute atomic E-state index is 3.32. The average Bonchev–Trinajstić information content (AvgIpc) is 2.34. The maximum Gasteiger partial charge on any atom is 0.0879 e. The van der Waals surface area contributed by atoms with Crippen LogP contribution in [-0.4, -0.2) is 24.3 Å². The van der Waals surface area contributed by atoms with E-state index in [0.717, 1.165) is 13.3 Å². The summed E-state index contributed by atoms with van der Waals surface area (Å²) in [5.74, 6) is 0. The lowest BCUT2D eigenvalue weighted by molar-refractivity contribution is 0.340. The zero-order valence-electron chi connectivity index (χ0n) is 6.59. The topological polar surface area (TPSA) is 27.3 Å². The van der Waals surface area contributed by atoms with Gasteiger partial charge in [-0.15, -0.1) is 0 Å². The predicted octanol–water partition coefficient (Wildman–Crippen LogP) is 0.276. The van der Waals surface area contributed by atoms with Gasteiger partial charge in [0, 0.05) is 18.4 Å². The van der Waals surface area contributed by atoms with E-state index >= 15 is 0 Å². The molecule has 1 heterocycles. The number of nitrogens with zero attached hydrogens (tertiary/aromatic N) is 1. The third-order valence-electron chi connectivity index (χ3n) is 1.40. The van der Waals surface area contributed by atoms with Crippen LogP contribution in [0.3, 0.4) is 0 Å². The van der Waals surface area contributed by atoms with Crippen LogP contribution in [0.5, 0.6) is 0 Å². The second-order valence-corrected chi connectivity index (χ2v) is 2.78. The van der Waals surface area contributed by atoms with Crippen LogP contribution in [0.1, 0.15) is 13.8 Å². The Bertz CT molecular complexity index is 120. The molecule has 0 saturated heterocycles. The summed E-state index contributed by atoms with van der Waals surface area (Å²) >= 11 is 0. The van der Waals surface area contributed by atoms with E-state index in [2.05, 4.69) is 35.6 Å². The minimum absolute atomic E-state index is 0.564. The SMILES string of the molecule is CC(C)NCN1C=CNC1. The van der Waals surface area contributed by atoms with E-state index in [0.29, 0.717) is 6.04 Å². The minimum atomic E-state index is 0.564. The molecule has 1 aliphatic rings. The fourth-order valence-corrected chi connectivity index (χ4v) is 0.789. The molecule has 0 aliphatic carbocycles. The predicted molar refractivity (Wildman–Crippen MR) is 42.1 cm³/mol. The lowest BCUT2D eigenvalue weighted by Crippen LogP contribution is -2.35. The van der Waals surface area contributed by atoms with Crippen LogP contribution in [0.25, 0.3) is 0 Å². The molecule has 0 radical (unpaired) electrons. The van der Waals surface area contributed by atoms with Crippen LogP contribution >= 0.6 is 0 Å². The first-order valence-corrected chi connectivity index (χ1v) is 3.66. The summed E-state index contributed by atoms with van der Waals surface area (Å²) in [5.41, 5.74) is 0. The molecule has 0 atom stereocenters. The minimum Gasteiger partial charge on any atom is -0.372 e. The third kappa shape index (κ3) is 2.27. The van der Waals surface area contributed by atoms with Crippen LogP contribution in [0.2, 0.25) is 0 Å². The van der Waals surface area contributed by atoms with Crippen LogP contribution in [0.15, 0.2) is 12.4 Å². The van der Waals surface area contributed by atoms with Gasteiger partial charge in [-0.2, -0.15) is 0 Å². The molecule has 0 aromatic rings. The number of hydrogen-bond donors (Lipinski definition) is 2. The van der Waals surface area contributed by atoms with Gasteiger partial charge in [-0.05, 0) is 13.8 Å². The van der Waals surface area contributed by atoms with Crippen LogP contribution in [-0.2, 0) is 0 Å². The quantitative estimate of drug-likeness (QED) is 0.591. The van der Waals surface area contributed by atoms with E-state index in [1.807, 2.05) is 6.20 Å². The number of nitrogens with one attached hydrogen (secondary N) is 2. The Hall–Kier alpha value is -0.700. The molecule has 0 spiro atoms. The van der Waals surface area contributed by atoms with Crippen LogP contribution < -0.4 is 10.6 Å². The Kier molecular flexibility index (Phi) is 2.57. The van der Waals surface area contributed by atoms with Gasteiger partial charge in [0.1, 0.15) is 0 Å². The summed E-state index contributed by atoms with van der Waals surface area (Å²) in [6.45, 7) is 6.15. The van der Waals surface area contributed by atoms with Gasteiger partial charge in [-0.3, -0.25) is 5.32 Å². The largest absolute Gasteiger partial charge is 0.372 e. The normalized spacial score (nSPS) is 16.5. The molecule has 10 heavy (non-hydrogen) atoms. The average molecular weight is 141 g/mol. The van der Waals surface area contributed by atoms with E-state index in [9.17, 15) is 0 Å². The highest BCUT2D eigenvalue weighted by molar-refractivity contribution is 4.86. The molecular formula is C7H15N3. The fraction of sp³-hybridized carbons (Fsp3) is 0.714. The molecule has 0 bridgehead atoms. The summed E-state index contributed by atoms with van der Waals surface area (Å²) in [6.07, 6.45) is 4.01. The summed E-state index contributed by atoms with van der Waals surface area (Å²) in [6, 6.07) is 0.564. The van der Waals surface area contributed by atoms with Gasteiger partial charge >= 0.3 is 0 Å². The van der Waals surface area contributed by atoms with Crippen molar-refractivity contribution in [3.05, 3.63) is 12.4 Å². The first-order valence-electron chi connectivity index (χ1n) is 3.66. The van der Waals surface area contributed by atoms with Crippen molar-refractivity contribution in [1.82, 2.24) is 15.5 Å². The summed E-state index contributed by atoms with van der Waals surface area (Å²) in [4.78, 5) is 2.18. The van der Waals surface area contributed by atoms with Crippen molar-refractivity contribution in [3.8, 4) is 0 Å². The van der Waals surface area contributed by atoms with Crippen molar-refractivity contribution in [3.63, 3.8) is 0 Å². The van der Waals surface area contributed by atoms with Crippen molar-refractivity contribution >= 4 is 0 Å². The van der Waals surface area contributed by atoms with Crippen molar-refractivity contribution in [2.45, 2.75) is 19.9 Å². The molecule has 3 heteroatoms. The summed E-state index contributed by atoms with van der Waals surface area (Å²) in [7, 11) is 0. The van der Waals surface area contributed by atoms with E-state index in [1.54, 1.807) is 0 Å². The standard InChI is InChI=1S/C7H15N3/c1-7(2)9-6-10-4-3-8-5-10/h3-4,7-9H,5-6H2,1-2H3. The first kappa shape index (κ1) is 7.41. The molecule has 0 fully saturated rings. The first-order chi connectivity index (χ1) is 4.79. The Balaban J connectivity index is 2.08. The molecule has 3 nitrogen and oxygen atoms in total. The van der Waals surface area contributed by atoms with Crippen molar-refractivity contribution in [2.75, 3.05) is 13.3 Å². The monoisotopic (exact) mass is 141 g/mol. The number of hydrogen-bond acceptors (Lipinski definition) is 3. The van der Waals surface area contributed by atoms with Gasteiger partial charge in [0.05, 0.1) is 13.3 Å². The van der Waals surface area contributed by atoms with E-state index in [1.165, 1.54) is 0 Å². The lowest BCUT2D eigenvalue weighted by Gasteiger charge is -2.17.